The highest BCUT2D eigenvalue weighted by atomic mass is 32.1. The summed E-state index contributed by atoms with van der Waals surface area (Å²) >= 11 is 1.94. The topological polar surface area (TPSA) is 23.4 Å². The minimum absolute atomic E-state index is 0.0357. The van der Waals surface area contributed by atoms with Crippen LogP contribution in [0.3, 0.4) is 0 Å². The summed E-state index contributed by atoms with van der Waals surface area (Å²) < 4.78 is 5.36. The van der Waals surface area contributed by atoms with Crippen LogP contribution in [0.15, 0.2) is 175 Å². The van der Waals surface area contributed by atoms with Gasteiger partial charge in [0.05, 0.1) is 17.6 Å². The predicted octanol–water partition coefficient (Wildman–Crippen LogP) is 13.4. The van der Waals surface area contributed by atoms with Crippen LogP contribution in [0.5, 0.6) is 0 Å². The predicted molar refractivity (Wildman–Crippen MR) is 253 cm³/mol. The lowest BCUT2D eigenvalue weighted by atomic mass is 9.84. The van der Waals surface area contributed by atoms with Crippen molar-refractivity contribution in [2.45, 2.75) is 49.6 Å². The average Bonchev–Trinajstić information content (AvgIpc) is 3.96. The van der Waals surface area contributed by atoms with Crippen LogP contribution in [-0.2, 0) is 6.42 Å². The Kier molecular flexibility index (Phi) is 7.72. The van der Waals surface area contributed by atoms with E-state index in [0.29, 0.717) is 6.04 Å². The molecule has 8 aromatic rings. The Balaban J connectivity index is 0.899. The molecule has 1 fully saturated rings. The highest BCUT2D eigenvalue weighted by Crippen LogP contribution is 2.51. The van der Waals surface area contributed by atoms with Gasteiger partial charge in [-0.05, 0) is 95.9 Å². The lowest BCUT2D eigenvalue weighted by Crippen LogP contribution is -2.54. The third-order valence-electron chi connectivity index (χ3n) is 14.1. The van der Waals surface area contributed by atoms with E-state index in [1.54, 1.807) is 0 Å². The van der Waals surface area contributed by atoms with Gasteiger partial charge in [0.2, 0.25) is 0 Å². The molecule has 0 saturated carbocycles. The van der Waals surface area contributed by atoms with Crippen molar-refractivity contribution in [3.05, 3.63) is 203 Å². The monoisotopic (exact) mass is 792 g/mol. The van der Waals surface area contributed by atoms with Gasteiger partial charge in [0.25, 0.3) is 0 Å². The zero-order chi connectivity index (χ0) is 39.5. The van der Waals surface area contributed by atoms with Gasteiger partial charge in [0.1, 0.15) is 6.29 Å². The second-order valence-corrected chi connectivity index (χ2v) is 18.2. The zero-order valence-electron chi connectivity index (χ0n) is 33.5. The number of thiophene rings is 1. The Hall–Kier alpha value is -6.24. The number of nitrogens with one attached hydrogen (secondary N) is 1. The molecule has 4 nitrogen and oxygen atoms in total. The molecule has 0 amide bonds. The van der Waals surface area contributed by atoms with E-state index in [1.165, 1.54) is 92.3 Å². The number of fused-ring (bicyclic) bond motifs is 11. The largest absolute Gasteiger partial charge is 0.332 e. The molecule has 0 radical (unpaired) electrons. The van der Waals surface area contributed by atoms with Crippen LogP contribution in [-0.4, -0.2) is 28.6 Å². The second-order valence-electron chi connectivity index (χ2n) is 17.2. The number of anilines is 2. The minimum atomic E-state index is -0.0357. The summed E-state index contributed by atoms with van der Waals surface area (Å²) in [5, 5.41) is 10.8. The highest BCUT2D eigenvalue weighted by Gasteiger charge is 2.42. The minimum Gasteiger partial charge on any atom is -0.332 e. The smallest absolute Gasteiger partial charge is 0.142 e. The molecule has 3 aliphatic carbocycles. The molecule has 2 aliphatic heterocycles. The van der Waals surface area contributed by atoms with Gasteiger partial charge in [-0.15, -0.1) is 11.3 Å². The van der Waals surface area contributed by atoms with Crippen LogP contribution < -0.4 is 10.2 Å². The zero-order valence-corrected chi connectivity index (χ0v) is 34.3. The summed E-state index contributed by atoms with van der Waals surface area (Å²) in [4.78, 5) is 5.20. The van der Waals surface area contributed by atoms with E-state index in [-0.39, 0.29) is 24.3 Å². The number of rotatable bonds is 4. The fourth-order valence-corrected chi connectivity index (χ4v) is 12.6. The average molecular weight is 793 g/mol. The van der Waals surface area contributed by atoms with Crippen LogP contribution >= 0.6 is 11.3 Å². The van der Waals surface area contributed by atoms with Crippen molar-refractivity contribution in [2.75, 3.05) is 11.9 Å². The lowest BCUT2D eigenvalue weighted by molar-refractivity contribution is 0.0654. The standard InChI is InChI=1S/C55H44N4S/c1-57-53(43-22-13-21-41-40-19-7-11-27-52(40)60-54(41)43)42-20-4-8-23-46(42)56-55(57)59-49-25-10-6-18-39(49)45-33-36(29-31-51(45)59)35-28-30-50-44(32-35)38-17-5-9-24-48(38)58(50)47-26-12-15-34-14-2-3-16-37(34)47/h2-22,25-32,36,46,48,53,55-56H,23-24,33H2,1H3. The summed E-state index contributed by atoms with van der Waals surface area (Å²) in [5.74, 6) is 0.278. The van der Waals surface area contributed by atoms with Crippen molar-refractivity contribution in [2.24, 2.45) is 0 Å². The fourth-order valence-electron chi connectivity index (χ4n) is 11.4. The highest BCUT2D eigenvalue weighted by molar-refractivity contribution is 7.26. The fraction of sp³-hybridized carbons (Fsp3) is 0.164. The van der Waals surface area contributed by atoms with Gasteiger partial charge in [0, 0.05) is 65.5 Å². The van der Waals surface area contributed by atoms with E-state index in [1.807, 2.05) is 11.3 Å². The normalized spacial score (nSPS) is 23.2. The van der Waals surface area contributed by atoms with Crippen LogP contribution in [0, 0.1) is 0 Å². The van der Waals surface area contributed by atoms with Crippen molar-refractivity contribution in [3.8, 4) is 0 Å². The maximum Gasteiger partial charge on any atom is 0.142 e. The molecule has 5 aliphatic rings. The molecule has 2 aromatic heterocycles. The maximum absolute atomic E-state index is 4.17. The number of hydrogen-bond acceptors (Lipinski definition) is 4. The molecule has 5 unspecified atom stereocenters. The first-order valence-corrected chi connectivity index (χ1v) is 22.3. The van der Waals surface area contributed by atoms with Gasteiger partial charge < -0.3 is 9.47 Å². The van der Waals surface area contributed by atoms with Crippen molar-refractivity contribution >= 4 is 76.2 Å². The van der Waals surface area contributed by atoms with Crippen molar-refractivity contribution in [1.82, 2.24) is 14.8 Å². The first-order valence-electron chi connectivity index (χ1n) is 21.5. The van der Waals surface area contributed by atoms with E-state index in [0.717, 1.165) is 19.3 Å². The van der Waals surface area contributed by atoms with Crippen LogP contribution in [0.1, 0.15) is 59.0 Å². The number of nitrogens with zero attached hydrogens (tertiary/aromatic N) is 3. The van der Waals surface area contributed by atoms with Gasteiger partial charge in [-0.3, -0.25) is 10.2 Å². The van der Waals surface area contributed by atoms with E-state index >= 15 is 0 Å². The number of aromatic nitrogens is 1. The molecule has 60 heavy (non-hydrogen) atoms. The Morgan fingerprint density at radius 2 is 1.48 bits per heavy atom. The lowest BCUT2D eigenvalue weighted by Gasteiger charge is -2.48. The second kappa shape index (κ2) is 13.4. The van der Waals surface area contributed by atoms with Gasteiger partial charge in [-0.1, -0.05) is 140 Å². The van der Waals surface area contributed by atoms with Crippen molar-refractivity contribution in [3.63, 3.8) is 0 Å². The van der Waals surface area contributed by atoms with Gasteiger partial charge in [0.15, 0.2) is 0 Å². The SMILES string of the molecule is CN1C(c2cccc3c2sc2ccccc23)C2=CC=CCC2NC1n1c2c(c3ccccc31)CC(c1ccc3c(c1)C1=CC=CCC1N3c1cccc3ccccc13)C=C2. The first-order chi connectivity index (χ1) is 29.7. The molecule has 1 saturated heterocycles. The first kappa shape index (κ1) is 34.6. The van der Waals surface area contributed by atoms with Crippen molar-refractivity contribution < 1.29 is 0 Å². The van der Waals surface area contributed by atoms with Crippen LogP contribution in [0.2, 0.25) is 0 Å². The summed E-state index contributed by atoms with van der Waals surface area (Å²) in [6, 6.07) is 48.5. The van der Waals surface area contributed by atoms with E-state index in [2.05, 4.69) is 203 Å². The van der Waals surface area contributed by atoms with E-state index < -0.39 is 0 Å². The maximum atomic E-state index is 4.17. The number of benzene rings is 6. The Morgan fingerprint density at radius 3 is 2.43 bits per heavy atom. The van der Waals surface area contributed by atoms with E-state index in [4.69, 9.17) is 0 Å². The summed E-state index contributed by atoms with van der Waals surface area (Å²) in [6.45, 7) is 0. The van der Waals surface area contributed by atoms with Gasteiger partial charge in [-0.2, -0.15) is 0 Å². The molecular weight excluding hydrogens is 749 g/mol. The van der Waals surface area contributed by atoms with Gasteiger partial charge in [-0.25, -0.2) is 0 Å². The van der Waals surface area contributed by atoms with Crippen LogP contribution in [0.4, 0.5) is 11.4 Å². The number of likely N-dealkylation sites (N-methyl/N-ethyl adjacent to an activating group) is 1. The summed E-state index contributed by atoms with van der Waals surface area (Å²) in [5.41, 5.74) is 13.7. The molecule has 290 valence electrons. The molecule has 4 heterocycles. The number of hydrogen-bond donors (Lipinski definition) is 1. The molecule has 13 rings (SSSR count). The number of allylic oxidation sites excluding steroid dienone is 5. The molecule has 6 aromatic carbocycles. The van der Waals surface area contributed by atoms with Crippen LogP contribution in [0.25, 0.3) is 53.5 Å². The Labute approximate surface area is 354 Å². The third-order valence-corrected chi connectivity index (χ3v) is 15.3. The third kappa shape index (κ3) is 5.03. The molecule has 1 N–H and O–H groups in total. The Morgan fingerprint density at radius 1 is 0.700 bits per heavy atom. The number of para-hydroxylation sites is 1. The molecular formula is C55H44N4S. The molecule has 5 atom stereocenters. The molecule has 0 bridgehead atoms. The Bertz CT molecular complexity index is 3240. The summed E-state index contributed by atoms with van der Waals surface area (Å²) in [6.07, 6.45) is 21.7. The van der Waals surface area contributed by atoms with Crippen molar-refractivity contribution in [1.29, 1.82) is 0 Å². The van der Waals surface area contributed by atoms with Gasteiger partial charge >= 0.3 is 0 Å². The molecule has 0 spiro atoms. The summed E-state index contributed by atoms with van der Waals surface area (Å²) in [7, 11) is 2.33. The molecule has 5 heteroatoms. The van der Waals surface area contributed by atoms with E-state index in [9.17, 15) is 0 Å². The quantitative estimate of drug-likeness (QED) is 0.192.